The number of hydrogen-bond donors (Lipinski definition) is 1. The zero-order valence-corrected chi connectivity index (χ0v) is 13.0. The van der Waals surface area contributed by atoms with Gasteiger partial charge in [-0.05, 0) is 43.7 Å². The maximum absolute atomic E-state index is 12.8. The van der Waals surface area contributed by atoms with Gasteiger partial charge in [-0.25, -0.2) is 4.39 Å². The van der Waals surface area contributed by atoms with Gasteiger partial charge in [0.25, 0.3) is 5.91 Å². The highest BCUT2D eigenvalue weighted by Gasteiger charge is 2.18. The van der Waals surface area contributed by atoms with E-state index in [9.17, 15) is 14.0 Å². The zero-order chi connectivity index (χ0) is 16.8. The van der Waals surface area contributed by atoms with Crippen molar-refractivity contribution in [2.24, 2.45) is 0 Å². The third kappa shape index (κ3) is 5.21. The maximum Gasteiger partial charge on any atom is 0.311 e. The molecule has 0 fully saturated rings. The lowest BCUT2D eigenvalue weighted by molar-refractivity contribution is -0.152. The number of esters is 1. The molecule has 0 aliphatic carbocycles. The second-order valence-corrected chi connectivity index (χ2v) is 5.29. The topological polar surface area (TPSA) is 55.4 Å². The monoisotopic (exact) mass is 315 g/mol. The van der Waals surface area contributed by atoms with E-state index in [4.69, 9.17) is 4.74 Å². The van der Waals surface area contributed by atoms with Crippen LogP contribution in [0.1, 0.15) is 18.1 Å². The minimum atomic E-state index is -0.913. The predicted molar refractivity (Wildman–Crippen MR) is 85.5 cm³/mol. The van der Waals surface area contributed by atoms with Crippen LogP contribution in [-0.2, 0) is 20.7 Å². The van der Waals surface area contributed by atoms with Crippen LogP contribution in [0.15, 0.2) is 48.5 Å². The molecule has 1 atom stereocenters. The highest BCUT2D eigenvalue weighted by atomic mass is 19.1. The lowest BCUT2D eigenvalue weighted by Gasteiger charge is -2.13. The lowest BCUT2D eigenvalue weighted by atomic mass is 10.1. The van der Waals surface area contributed by atoms with Crippen molar-refractivity contribution in [3.05, 3.63) is 65.5 Å². The normalized spacial score (nSPS) is 11.6. The van der Waals surface area contributed by atoms with E-state index < -0.39 is 18.0 Å². The fourth-order valence-corrected chi connectivity index (χ4v) is 1.94. The SMILES string of the molecule is Cc1ccc(NC(=O)[C@H](C)OC(=O)Cc2ccc(F)cc2)cc1. The van der Waals surface area contributed by atoms with E-state index in [1.807, 2.05) is 19.1 Å². The van der Waals surface area contributed by atoms with Gasteiger partial charge < -0.3 is 10.1 Å². The van der Waals surface area contributed by atoms with Crippen molar-refractivity contribution in [3.63, 3.8) is 0 Å². The van der Waals surface area contributed by atoms with Crippen LogP contribution >= 0.6 is 0 Å². The van der Waals surface area contributed by atoms with Gasteiger partial charge in [0.1, 0.15) is 5.82 Å². The molecule has 0 aliphatic heterocycles. The summed E-state index contributed by atoms with van der Waals surface area (Å²) in [6.07, 6.45) is -0.924. The number of halogens is 1. The Morgan fingerprint density at radius 2 is 1.70 bits per heavy atom. The molecular formula is C18H18FNO3. The van der Waals surface area contributed by atoms with E-state index in [1.54, 1.807) is 12.1 Å². The molecule has 4 nitrogen and oxygen atoms in total. The van der Waals surface area contributed by atoms with Crippen LogP contribution in [-0.4, -0.2) is 18.0 Å². The summed E-state index contributed by atoms with van der Waals surface area (Å²) >= 11 is 0. The lowest BCUT2D eigenvalue weighted by Crippen LogP contribution is -2.30. The number of aryl methyl sites for hydroxylation is 1. The van der Waals surface area contributed by atoms with Gasteiger partial charge in [-0.15, -0.1) is 0 Å². The molecule has 1 N–H and O–H groups in total. The fourth-order valence-electron chi connectivity index (χ4n) is 1.94. The molecule has 0 spiro atoms. The Hall–Kier alpha value is -2.69. The quantitative estimate of drug-likeness (QED) is 0.862. The first kappa shape index (κ1) is 16.7. The molecule has 23 heavy (non-hydrogen) atoms. The molecule has 0 radical (unpaired) electrons. The molecule has 0 bridgehead atoms. The third-order valence-corrected chi connectivity index (χ3v) is 3.26. The van der Waals surface area contributed by atoms with Crippen LogP contribution in [0.2, 0.25) is 0 Å². The molecule has 2 aromatic rings. The van der Waals surface area contributed by atoms with E-state index in [0.717, 1.165) is 5.56 Å². The Balaban J connectivity index is 1.86. The predicted octanol–water partition coefficient (Wildman–Crippen LogP) is 3.25. The van der Waals surface area contributed by atoms with Gasteiger partial charge >= 0.3 is 5.97 Å². The van der Waals surface area contributed by atoms with Crippen LogP contribution in [0.4, 0.5) is 10.1 Å². The minimum Gasteiger partial charge on any atom is -0.452 e. The Kier molecular flexibility index (Phi) is 5.46. The first-order valence-electron chi connectivity index (χ1n) is 7.25. The van der Waals surface area contributed by atoms with E-state index in [2.05, 4.69) is 5.32 Å². The smallest absolute Gasteiger partial charge is 0.311 e. The van der Waals surface area contributed by atoms with E-state index >= 15 is 0 Å². The number of hydrogen-bond acceptors (Lipinski definition) is 3. The number of carbonyl (C=O) groups is 2. The molecule has 0 saturated carbocycles. The number of amides is 1. The number of nitrogens with one attached hydrogen (secondary N) is 1. The summed E-state index contributed by atoms with van der Waals surface area (Å²) in [5.74, 6) is -1.31. The van der Waals surface area contributed by atoms with Crippen molar-refractivity contribution in [2.75, 3.05) is 5.32 Å². The molecule has 2 aromatic carbocycles. The molecule has 2 rings (SSSR count). The van der Waals surface area contributed by atoms with Crippen molar-refractivity contribution >= 4 is 17.6 Å². The van der Waals surface area contributed by atoms with Crippen LogP contribution in [0.25, 0.3) is 0 Å². The highest BCUT2D eigenvalue weighted by molar-refractivity contribution is 5.95. The Morgan fingerprint density at radius 3 is 2.30 bits per heavy atom. The van der Waals surface area contributed by atoms with Crippen LogP contribution < -0.4 is 5.32 Å². The van der Waals surface area contributed by atoms with E-state index in [1.165, 1.54) is 31.2 Å². The molecule has 0 heterocycles. The van der Waals surface area contributed by atoms with Gasteiger partial charge in [0.2, 0.25) is 0 Å². The van der Waals surface area contributed by atoms with Gasteiger partial charge in [-0.1, -0.05) is 29.8 Å². The first-order valence-corrected chi connectivity index (χ1v) is 7.25. The summed E-state index contributed by atoms with van der Waals surface area (Å²) in [4.78, 5) is 23.8. The average molecular weight is 315 g/mol. The first-order chi connectivity index (χ1) is 10.9. The number of benzene rings is 2. The van der Waals surface area contributed by atoms with Crippen LogP contribution in [0.3, 0.4) is 0 Å². The van der Waals surface area contributed by atoms with Gasteiger partial charge in [-0.2, -0.15) is 0 Å². The largest absolute Gasteiger partial charge is 0.452 e. The summed E-state index contributed by atoms with van der Waals surface area (Å²) < 4.78 is 17.9. The van der Waals surface area contributed by atoms with Crippen molar-refractivity contribution < 1.29 is 18.7 Å². The Bertz CT molecular complexity index is 680. The molecule has 0 unspecified atom stereocenters. The maximum atomic E-state index is 12.8. The molecule has 120 valence electrons. The second-order valence-electron chi connectivity index (χ2n) is 5.29. The van der Waals surface area contributed by atoms with Crippen molar-refractivity contribution in [2.45, 2.75) is 26.4 Å². The number of rotatable bonds is 5. The molecular weight excluding hydrogens is 297 g/mol. The van der Waals surface area contributed by atoms with Crippen molar-refractivity contribution in [1.82, 2.24) is 0 Å². The number of anilines is 1. The number of ether oxygens (including phenoxy) is 1. The average Bonchev–Trinajstić information content (AvgIpc) is 2.51. The Labute approximate surface area is 134 Å². The number of carbonyl (C=O) groups excluding carboxylic acids is 2. The van der Waals surface area contributed by atoms with Gasteiger partial charge in [-0.3, -0.25) is 9.59 Å². The van der Waals surface area contributed by atoms with Crippen molar-refractivity contribution in [1.29, 1.82) is 0 Å². The van der Waals surface area contributed by atoms with Crippen LogP contribution in [0, 0.1) is 12.7 Å². The fraction of sp³-hybridized carbons (Fsp3) is 0.222. The molecule has 0 aromatic heterocycles. The van der Waals surface area contributed by atoms with Gasteiger partial charge in [0.05, 0.1) is 6.42 Å². The van der Waals surface area contributed by atoms with Gasteiger partial charge in [0, 0.05) is 5.69 Å². The summed E-state index contributed by atoms with van der Waals surface area (Å²) in [5, 5.41) is 2.68. The highest BCUT2D eigenvalue weighted by Crippen LogP contribution is 2.10. The third-order valence-electron chi connectivity index (χ3n) is 3.26. The summed E-state index contributed by atoms with van der Waals surface area (Å²) in [7, 11) is 0. The van der Waals surface area contributed by atoms with Crippen LogP contribution in [0.5, 0.6) is 0 Å². The summed E-state index contributed by atoms with van der Waals surface area (Å²) in [5.41, 5.74) is 2.35. The van der Waals surface area contributed by atoms with Gasteiger partial charge in [0.15, 0.2) is 6.10 Å². The van der Waals surface area contributed by atoms with E-state index in [0.29, 0.717) is 11.3 Å². The molecule has 0 saturated heterocycles. The molecule has 0 aliphatic rings. The summed E-state index contributed by atoms with van der Waals surface area (Å²) in [6, 6.07) is 12.9. The molecule has 5 heteroatoms. The zero-order valence-electron chi connectivity index (χ0n) is 13.0. The minimum absolute atomic E-state index is 0.0115. The standard InChI is InChI=1S/C18H18FNO3/c1-12-3-9-16(10-4-12)20-18(22)13(2)23-17(21)11-14-5-7-15(19)8-6-14/h3-10,13H,11H2,1-2H3,(H,20,22)/t13-/m0/s1. The summed E-state index contributed by atoms with van der Waals surface area (Å²) in [6.45, 7) is 3.46. The second kappa shape index (κ2) is 7.54. The van der Waals surface area contributed by atoms with Crippen molar-refractivity contribution in [3.8, 4) is 0 Å². The molecule has 1 amide bonds. The van der Waals surface area contributed by atoms with E-state index in [-0.39, 0.29) is 12.2 Å². The Morgan fingerprint density at radius 1 is 1.09 bits per heavy atom.